The second-order valence-corrected chi connectivity index (χ2v) is 6.74. The zero-order valence-corrected chi connectivity index (χ0v) is 15.1. The Hall–Kier alpha value is -3.37. The zero-order chi connectivity index (χ0) is 19.2. The lowest BCUT2D eigenvalue weighted by molar-refractivity contribution is -0.137. The Morgan fingerprint density at radius 1 is 1.26 bits per heavy atom. The second kappa shape index (κ2) is 6.11. The van der Waals surface area contributed by atoms with E-state index in [1.807, 2.05) is 43.4 Å². The van der Waals surface area contributed by atoms with Crippen LogP contribution in [0.3, 0.4) is 0 Å². The minimum atomic E-state index is -1.61. The molecule has 1 aliphatic rings. The molecule has 0 spiro atoms. The number of likely N-dealkylation sites (N-methyl/N-ethyl adjacent to an activating group) is 1. The van der Waals surface area contributed by atoms with Crippen LogP contribution in [0.1, 0.15) is 12.0 Å². The van der Waals surface area contributed by atoms with E-state index in [9.17, 15) is 9.90 Å². The first-order valence-electron chi connectivity index (χ1n) is 8.58. The van der Waals surface area contributed by atoms with Crippen molar-refractivity contribution in [3.05, 3.63) is 42.0 Å². The molecule has 3 N–H and O–H groups in total. The number of aromatic nitrogens is 3. The van der Waals surface area contributed by atoms with Gasteiger partial charge in [-0.15, -0.1) is 0 Å². The lowest BCUT2D eigenvalue weighted by Gasteiger charge is -2.13. The zero-order valence-electron chi connectivity index (χ0n) is 15.1. The molecule has 7 heteroatoms. The standard InChI is InChI=1S/C20H19N5O2/c1-24-11-10-20(27,19(24)26)9-8-13-4-3-5-14(12-13)15-6-7-16-17(22-15)18(21)23-25(16)2/h3-7,12,27H,10-11H2,1-2H3,(H2,21,23). The summed E-state index contributed by atoms with van der Waals surface area (Å²) in [6.45, 7) is 0.501. The summed E-state index contributed by atoms with van der Waals surface area (Å²) in [6.07, 6.45) is 0.313. The number of likely N-dealkylation sites (tertiary alicyclic amines) is 1. The molecule has 3 heterocycles. The van der Waals surface area contributed by atoms with Gasteiger partial charge in [-0.25, -0.2) is 4.98 Å². The van der Waals surface area contributed by atoms with Crippen LogP contribution in [0, 0.1) is 11.8 Å². The molecule has 2 aromatic heterocycles. The molecule has 27 heavy (non-hydrogen) atoms. The highest BCUT2D eigenvalue weighted by Crippen LogP contribution is 2.25. The number of aryl methyl sites for hydroxylation is 1. The van der Waals surface area contributed by atoms with Crippen molar-refractivity contribution in [1.82, 2.24) is 19.7 Å². The molecular weight excluding hydrogens is 342 g/mol. The van der Waals surface area contributed by atoms with Gasteiger partial charge in [0, 0.05) is 38.2 Å². The van der Waals surface area contributed by atoms with E-state index in [0.717, 1.165) is 16.8 Å². The number of amides is 1. The predicted octanol–water partition coefficient (Wildman–Crippen LogP) is 1.16. The van der Waals surface area contributed by atoms with E-state index in [-0.39, 0.29) is 5.91 Å². The Balaban J connectivity index is 1.69. The molecule has 1 fully saturated rings. The summed E-state index contributed by atoms with van der Waals surface area (Å²) in [5.74, 6) is 5.69. The van der Waals surface area contributed by atoms with Gasteiger partial charge < -0.3 is 15.7 Å². The van der Waals surface area contributed by atoms with Crippen LogP contribution >= 0.6 is 0 Å². The van der Waals surface area contributed by atoms with Crippen LogP contribution < -0.4 is 5.73 Å². The number of pyridine rings is 1. The van der Waals surface area contributed by atoms with E-state index in [1.165, 1.54) is 4.90 Å². The van der Waals surface area contributed by atoms with Crippen molar-refractivity contribution in [3.8, 4) is 23.1 Å². The summed E-state index contributed by atoms with van der Waals surface area (Å²) < 4.78 is 1.69. The molecule has 0 bridgehead atoms. The number of carbonyl (C=O) groups is 1. The third kappa shape index (κ3) is 2.90. The van der Waals surface area contributed by atoms with E-state index >= 15 is 0 Å². The van der Waals surface area contributed by atoms with Gasteiger partial charge in [-0.2, -0.15) is 5.10 Å². The van der Waals surface area contributed by atoms with Crippen molar-refractivity contribution in [2.45, 2.75) is 12.0 Å². The van der Waals surface area contributed by atoms with Gasteiger partial charge in [0.05, 0.1) is 11.2 Å². The molecule has 1 atom stereocenters. The van der Waals surface area contributed by atoms with Crippen molar-refractivity contribution in [2.75, 3.05) is 19.3 Å². The van der Waals surface area contributed by atoms with Gasteiger partial charge in [0.15, 0.2) is 5.82 Å². The van der Waals surface area contributed by atoms with E-state index in [2.05, 4.69) is 21.9 Å². The second-order valence-electron chi connectivity index (χ2n) is 6.74. The minimum Gasteiger partial charge on any atom is -0.380 e. The van der Waals surface area contributed by atoms with Gasteiger partial charge >= 0.3 is 0 Å². The first-order chi connectivity index (χ1) is 12.9. The largest absolute Gasteiger partial charge is 0.380 e. The van der Waals surface area contributed by atoms with Gasteiger partial charge in [0.1, 0.15) is 5.52 Å². The summed E-state index contributed by atoms with van der Waals surface area (Å²) in [5, 5.41) is 14.6. The normalized spacial score (nSPS) is 19.4. The molecule has 1 amide bonds. The highest BCUT2D eigenvalue weighted by molar-refractivity contribution is 5.90. The molecule has 1 aromatic carbocycles. The van der Waals surface area contributed by atoms with Crippen molar-refractivity contribution in [1.29, 1.82) is 0 Å². The van der Waals surface area contributed by atoms with Crippen LogP contribution in [-0.4, -0.2) is 49.9 Å². The van der Waals surface area contributed by atoms with Crippen LogP contribution in [-0.2, 0) is 11.8 Å². The van der Waals surface area contributed by atoms with Gasteiger partial charge in [-0.05, 0) is 24.3 Å². The molecule has 1 saturated heterocycles. The van der Waals surface area contributed by atoms with E-state index in [4.69, 9.17) is 5.73 Å². The number of anilines is 1. The van der Waals surface area contributed by atoms with Gasteiger partial charge in [0.2, 0.25) is 5.60 Å². The first-order valence-corrected chi connectivity index (χ1v) is 8.58. The van der Waals surface area contributed by atoms with Crippen molar-refractivity contribution in [2.24, 2.45) is 7.05 Å². The summed E-state index contributed by atoms with van der Waals surface area (Å²) in [4.78, 5) is 18.1. The minimum absolute atomic E-state index is 0.313. The van der Waals surface area contributed by atoms with Crippen molar-refractivity contribution in [3.63, 3.8) is 0 Å². The number of nitrogen functional groups attached to an aromatic ring is 1. The maximum Gasteiger partial charge on any atom is 0.267 e. The molecule has 1 unspecified atom stereocenters. The Labute approximate surface area is 156 Å². The Morgan fingerprint density at radius 3 is 2.81 bits per heavy atom. The fraction of sp³-hybridized carbons (Fsp3) is 0.250. The summed E-state index contributed by atoms with van der Waals surface area (Å²) >= 11 is 0. The van der Waals surface area contributed by atoms with E-state index < -0.39 is 5.60 Å². The number of rotatable bonds is 1. The quantitative estimate of drug-likeness (QED) is 0.634. The maximum atomic E-state index is 12.0. The Morgan fingerprint density at radius 2 is 2.07 bits per heavy atom. The number of fused-ring (bicyclic) bond motifs is 1. The van der Waals surface area contributed by atoms with Gasteiger partial charge in [-0.1, -0.05) is 24.0 Å². The number of carbonyl (C=O) groups excluding carboxylic acids is 1. The van der Waals surface area contributed by atoms with Gasteiger partial charge in [-0.3, -0.25) is 9.48 Å². The van der Waals surface area contributed by atoms with Crippen molar-refractivity contribution < 1.29 is 9.90 Å². The topological polar surface area (TPSA) is 97.3 Å². The first kappa shape index (κ1) is 17.1. The molecule has 7 nitrogen and oxygen atoms in total. The fourth-order valence-corrected chi connectivity index (χ4v) is 3.23. The number of nitrogens with zero attached hydrogens (tertiary/aromatic N) is 4. The molecular formula is C20H19N5O2. The smallest absolute Gasteiger partial charge is 0.267 e. The average Bonchev–Trinajstić information content (AvgIpc) is 3.11. The number of nitrogens with two attached hydrogens (primary N) is 1. The average molecular weight is 361 g/mol. The number of hydrogen-bond donors (Lipinski definition) is 2. The van der Waals surface area contributed by atoms with Crippen LogP contribution in [0.15, 0.2) is 36.4 Å². The summed E-state index contributed by atoms with van der Waals surface area (Å²) in [5.41, 5.74) is 8.16. The van der Waals surface area contributed by atoms with Crippen LogP contribution in [0.2, 0.25) is 0 Å². The fourth-order valence-electron chi connectivity index (χ4n) is 3.23. The number of benzene rings is 1. The lowest BCUT2D eigenvalue weighted by atomic mass is 10.0. The molecule has 4 rings (SSSR count). The van der Waals surface area contributed by atoms with Crippen LogP contribution in [0.25, 0.3) is 22.3 Å². The van der Waals surface area contributed by atoms with Crippen molar-refractivity contribution >= 4 is 22.8 Å². The van der Waals surface area contributed by atoms with Crippen LogP contribution in [0.4, 0.5) is 5.82 Å². The predicted molar refractivity (Wildman–Crippen MR) is 102 cm³/mol. The highest BCUT2D eigenvalue weighted by Gasteiger charge is 2.42. The van der Waals surface area contributed by atoms with Gasteiger partial charge in [0.25, 0.3) is 5.91 Å². The van der Waals surface area contributed by atoms with E-state index in [1.54, 1.807) is 11.7 Å². The third-order valence-corrected chi connectivity index (χ3v) is 4.80. The Bertz CT molecular complexity index is 1120. The number of hydrogen-bond acceptors (Lipinski definition) is 5. The molecule has 1 aliphatic heterocycles. The summed E-state index contributed by atoms with van der Waals surface area (Å²) in [7, 11) is 3.48. The SMILES string of the molecule is CN1CCC(O)(C#Cc2cccc(-c3ccc4c(n3)c(N)nn4C)c2)C1=O. The molecule has 136 valence electrons. The molecule has 0 saturated carbocycles. The summed E-state index contributed by atoms with van der Waals surface area (Å²) in [6, 6.07) is 11.3. The number of aliphatic hydroxyl groups is 1. The van der Waals surface area contributed by atoms with Crippen LogP contribution in [0.5, 0.6) is 0 Å². The molecule has 3 aromatic rings. The molecule has 0 radical (unpaired) electrons. The maximum absolute atomic E-state index is 12.0. The monoisotopic (exact) mass is 361 g/mol. The van der Waals surface area contributed by atoms with E-state index in [0.29, 0.717) is 29.9 Å². The lowest BCUT2D eigenvalue weighted by Crippen LogP contribution is -2.37. The third-order valence-electron chi connectivity index (χ3n) is 4.80. The molecule has 0 aliphatic carbocycles. The Kier molecular flexibility index (Phi) is 3.86. The highest BCUT2D eigenvalue weighted by atomic mass is 16.3.